The van der Waals surface area contributed by atoms with E-state index in [0.29, 0.717) is 18.1 Å². The van der Waals surface area contributed by atoms with Gasteiger partial charge in [-0.3, -0.25) is 0 Å². The van der Waals surface area contributed by atoms with E-state index in [4.69, 9.17) is 0 Å². The summed E-state index contributed by atoms with van der Waals surface area (Å²) in [4.78, 5) is 4.48. The van der Waals surface area contributed by atoms with Gasteiger partial charge < -0.3 is 10.6 Å². The van der Waals surface area contributed by atoms with Crippen molar-refractivity contribution in [1.29, 1.82) is 0 Å². The molecule has 5 nitrogen and oxygen atoms in total. The number of guanidine groups is 1. The minimum Gasteiger partial charge on any atom is -0.357 e. The molecule has 0 bridgehead atoms. The number of rotatable bonds is 6. The Hall–Kier alpha value is -0.970. The van der Waals surface area contributed by atoms with E-state index in [1.165, 1.54) is 6.07 Å². The van der Waals surface area contributed by atoms with Gasteiger partial charge in [0.1, 0.15) is 0 Å². The van der Waals surface area contributed by atoms with Crippen molar-refractivity contribution in [2.45, 2.75) is 31.7 Å². The van der Waals surface area contributed by atoms with Crippen molar-refractivity contribution < 1.29 is 17.2 Å². The van der Waals surface area contributed by atoms with Crippen LogP contribution in [0.5, 0.6) is 0 Å². The van der Waals surface area contributed by atoms with Gasteiger partial charge in [0.2, 0.25) is 0 Å². The fourth-order valence-electron chi connectivity index (χ4n) is 1.91. The summed E-state index contributed by atoms with van der Waals surface area (Å²) in [5, 5.41) is 5.40. The molecule has 132 valence electrons. The quantitative estimate of drug-likeness (QED) is 0.388. The Morgan fingerprint density at radius 1 is 1.30 bits per heavy atom. The van der Waals surface area contributed by atoms with Crippen LogP contribution in [0.15, 0.2) is 28.1 Å². The molecular weight excluding hydrogens is 439 g/mol. The fraction of sp³-hybridized carbons (Fsp3) is 0.500. The molecule has 0 unspecified atom stereocenters. The average Bonchev–Trinajstić information content (AvgIpc) is 2.40. The van der Waals surface area contributed by atoms with Gasteiger partial charge in [0.05, 0.1) is 18.0 Å². The molecule has 9 heteroatoms. The number of hydrogen-bond acceptors (Lipinski definition) is 3. The highest BCUT2D eigenvalue weighted by Gasteiger charge is 2.11. The van der Waals surface area contributed by atoms with Crippen molar-refractivity contribution in [2.24, 2.45) is 4.99 Å². The Bertz CT molecular complexity index is 637. The highest BCUT2D eigenvalue weighted by atomic mass is 127. The number of benzene rings is 1. The van der Waals surface area contributed by atoms with Gasteiger partial charge in [-0.1, -0.05) is 12.1 Å². The average molecular weight is 461 g/mol. The first-order chi connectivity index (χ1) is 10.2. The molecule has 2 N–H and O–H groups in total. The first-order valence-electron chi connectivity index (χ1n) is 6.84. The van der Waals surface area contributed by atoms with E-state index in [2.05, 4.69) is 15.6 Å². The number of aryl methyl sites for hydroxylation is 1. The van der Waals surface area contributed by atoms with Crippen LogP contribution in [0.1, 0.15) is 18.1 Å². The zero-order valence-electron chi connectivity index (χ0n) is 13.3. The van der Waals surface area contributed by atoms with Crippen LogP contribution in [-0.4, -0.2) is 40.1 Å². The van der Waals surface area contributed by atoms with Crippen molar-refractivity contribution in [3.63, 3.8) is 0 Å². The van der Waals surface area contributed by atoms with Crippen LogP contribution in [0.2, 0.25) is 0 Å². The van der Waals surface area contributed by atoms with Crippen LogP contribution < -0.4 is 10.6 Å². The van der Waals surface area contributed by atoms with Crippen molar-refractivity contribution in [3.8, 4) is 0 Å². The molecule has 1 aromatic carbocycles. The number of hydrogen-bond donors (Lipinski definition) is 2. The first kappa shape index (κ1) is 22.0. The standard InChI is InChI=1S/C14H21F2N3O2S.HI/c1-4-17-14(19-9-13(15)16)18-8-11-5-6-12(10(2)7-11)22(3,20)21;/h5-7,13H,4,8-9H2,1-3H3,(H2,17,18,19);1H. The molecule has 0 amide bonds. The molecular formula is C14H22F2IN3O2S. The van der Waals surface area contributed by atoms with E-state index >= 15 is 0 Å². The lowest BCUT2D eigenvalue weighted by molar-refractivity contribution is 0.152. The molecule has 0 aliphatic heterocycles. The SMILES string of the molecule is CCNC(=NCc1ccc(S(C)(=O)=O)c(C)c1)NCC(F)F.I. The van der Waals surface area contributed by atoms with Crippen LogP contribution in [0, 0.1) is 6.92 Å². The monoisotopic (exact) mass is 461 g/mol. The summed E-state index contributed by atoms with van der Waals surface area (Å²) >= 11 is 0. The lowest BCUT2D eigenvalue weighted by Crippen LogP contribution is -2.39. The molecule has 0 saturated heterocycles. The minimum atomic E-state index is -3.25. The molecule has 0 spiro atoms. The molecule has 0 aliphatic carbocycles. The maximum atomic E-state index is 12.2. The highest BCUT2D eigenvalue weighted by Crippen LogP contribution is 2.17. The van der Waals surface area contributed by atoms with E-state index in [9.17, 15) is 17.2 Å². The van der Waals surface area contributed by atoms with Gasteiger partial charge in [-0.25, -0.2) is 22.2 Å². The van der Waals surface area contributed by atoms with Gasteiger partial charge in [-0.2, -0.15) is 0 Å². The number of aliphatic imine (C=N–C) groups is 1. The second kappa shape index (κ2) is 10.0. The maximum absolute atomic E-state index is 12.2. The number of sulfone groups is 1. The van der Waals surface area contributed by atoms with E-state index in [-0.39, 0.29) is 35.4 Å². The van der Waals surface area contributed by atoms with E-state index in [0.717, 1.165) is 11.8 Å². The lowest BCUT2D eigenvalue weighted by atomic mass is 10.1. The number of alkyl halides is 2. The molecule has 0 fully saturated rings. The molecule has 0 aromatic heterocycles. The van der Waals surface area contributed by atoms with E-state index in [1.807, 2.05) is 6.92 Å². The van der Waals surface area contributed by atoms with Gasteiger partial charge in [0.25, 0.3) is 6.43 Å². The summed E-state index contributed by atoms with van der Waals surface area (Å²) in [6.45, 7) is 3.90. The first-order valence-corrected chi connectivity index (χ1v) is 8.73. The van der Waals surface area contributed by atoms with Crippen LogP contribution in [0.4, 0.5) is 8.78 Å². The predicted molar refractivity (Wildman–Crippen MR) is 98.5 cm³/mol. The van der Waals surface area contributed by atoms with E-state index in [1.54, 1.807) is 19.1 Å². The summed E-state index contributed by atoms with van der Waals surface area (Å²) < 4.78 is 47.5. The summed E-state index contributed by atoms with van der Waals surface area (Å²) in [7, 11) is -3.25. The molecule has 0 radical (unpaired) electrons. The third-order valence-electron chi connectivity index (χ3n) is 2.83. The molecule has 1 rings (SSSR count). The highest BCUT2D eigenvalue weighted by molar-refractivity contribution is 14.0. The topological polar surface area (TPSA) is 70.6 Å². The van der Waals surface area contributed by atoms with Crippen LogP contribution in [0.25, 0.3) is 0 Å². The number of nitrogens with one attached hydrogen (secondary N) is 2. The van der Waals surface area contributed by atoms with Gasteiger partial charge in [0, 0.05) is 12.8 Å². The third kappa shape index (κ3) is 7.91. The predicted octanol–water partition coefficient (Wildman–Crippen LogP) is 2.34. The van der Waals surface area contributed by atoms with Gasteiger partial charge in [-0.05, 0) is 31.0 Å². The Balaban J connectivity index is 0.00000484. The Morgan fingerprint density at radius 3 is 2.43 bits per heavy atom. The second-order valence-electron chi connectivity index (χ2n) is 4.84. The smallest absolute Gasteiger partial charge is 0.255 e. The van der Waals surface area contributed by atoms with E-state index < -0.39 is 22.8 Å². The Kier molecular flexibility index (Phi) is 9.59. The molecule has 1 aromatic rings. The third-order valence-corrected chi connectivity index (χ3v) is 4.08. The summed E-state index contributed by atoms with van der Waals surface area (Å²) in [5.74, 6) is 0.299. The van der Waals surface area contributed by atoms with Crippen LogP contribution in [-0.2, 0) is 16.4 Å². The molecule has 23 heavy (non-hydrogen) atoms. The minimum absolute atomic E-state index is 0. The summed E-state index contributed by atoms with van der Waals surface area (Å²) in [5.41, 5.74) is 1.44. The van der Waals surface area contributed by atoms with Gasteiger partial charge >= 0.3 is 0 Å². The van der Waals surface area contributed by atoms with Crippen molar-refractivity contribution in [2.75, 3.05) is 19.3 Å². The Labute approximate surface area is 152 Å². The van der Waals surface area contributed by atoms with Crippen molar-refractivity contribution >= 4 is 39.8 Å². The van der Waals surface area contributed by atoms with Gasteiger partial charge in [-0.15, -0.1) is 24.0 Å². The van der Waals surface area contributed by atoms with Crippen LogP contribution >= 0.6 is 24.0 Å². The molecule has 0 aliphatic rings. The largest absolute Gasteiger partial charge is 0.357 e. The zero-order valence-corrected chi connectivity index (χ0v) is 16.4. The van der Waals surface area contributed by atoms with Crippen molar-refractivity contribution in [1.82, 2.24) is 10.6 Å². The van der Waals surface area contributed by atoms with Crippen LogP contribution in [0.3, 0.4) is 0 Å². The maximum Gasteiger partial charge on any atom is 0.255 e. The van der Waals surface area contributed by atoms with Gasteiger partial charge in [0.15, 0.2) is 15.8 Å². The zero-order chi connectivity index (χ0) is 16.8. The molecule has 0 saturated carbocycles. The summed E-state index contributed by atoms with van der Waals surface area (Å²) in [6.07, 6.45) is -1.30. The molecule has 0 atom stereocenters. The second-order valence-corrected chi connectivity index (χ2v) is 6.82. The fourth-order valence-corrected chi connectivity index (χ4v) is 2.87. The number of nitrogens with zero attached hydrogens (tertiary/aromatic N) is 1. The number of halogens is 3. The Morgan fingerprint density at radius 2 is 1.96 bits per heavy atom. The molecule has 0 heterocycles. The van der Waals surface area contributed by atoms with Crippen molar-refractivity contribution in [3.05, 3.63) is 29.3 Å². The summed E-state index contributed by atoms with van der Waals surface area (Å²) in [6, 6.07) is 4.94. The lowest BCUT2D eigenvalue weighted by Gasteiger charge is -2.11. The normalized spacial score (nSPS) is 12.0.